The van der Waals surface area contributed by atoms with Crippen LogP contribution in [0.15, 0.2) is 64.5 Å². The van der Waals surface area contributed by atoms with Crippen molar-refractivity contribution in [3.63, 3.8) is 0 Å². The molecule has 0 radical (unpaired) electrons. The number of benzene rings is 2. The molecule has 2 aromatic heterocycles. The van der Waals surface area contributed by atoms with Crippen LogP contribution in [0.1, 0.15) is 12.5 Å². The molecule has 4 rings (SSSR count). The second-order valence-electron chi connectivity index (χ2n) is 6.41. The van der Waals surface area contributed by atoms with Gasteiger partial charge in [-0.15, -0.1) is 0 Å². The molecule has 0 spiro atoms. The highest BCUT2D eigenvalue weighted by Gasteiger charge is 2.14. The van der Waals surface area contributed by atoms with E-state index in [4.69, 9.17) is 16.3 Å². The van der Waals surface area contributed by atoms with E-state index in [1.165, 1.54) is 16.1 Å². The van der Waals surface area contributed by atoms with E-state index in [1.807, 2.05) is 12.1 Å². The number of nitrogens with one attached hydrogen (secondary N) is 1. The van der Waals surface area contributed by atoms with E-state index in [9.17, 15) is 9.59 Å². The van der Waals surface area contributed by atoms with Crippen molar-refractivity contribution < 1.29 is 9.53 Å². The molecule has 0 unspecified atom stereocenters. The number of rotatable bonds is 6. The number of nitrogens with zero attached hydrogens (tertiary/aromatic N) is 3. The predicted octanol–water partition coefficient (Wildman–Crippen LogP) is 4.00. The fourth-order valence-electron chi connectivity index (χ4n) is 2.79. The van der Waals surface area contributed by atoms with Gasteiger partial charge >= 0.3 is 5.97 Å². The largest absolute Gasteiger partial charge is 0.426 e. The molecular weight excluding hydrogens is 424 g/mol. The number of aryl methyl sites for hydroxylation is 1. The summed E-state index contributed by atoms with van der Waals surface area (Å²) >= 11 is 7.10. The summed E-state index contributed by atoms with van der Waals surface area (Å²) < 4.78 is 6.84. The number of ether oxygens (including phenoxy) is 1. The van der Waals surface area contributed by atoms with Crippen LogP contribution < -0.4 is 10.3 Å². The number of thioether (sulfide) groups is 1. The van der Waals surface area contributed by atoms with E-state index in [1.54, 1.807) is 36.4 Å². The van der Waals surface area contributed by atoms with Crippen LogP contribution in [0.4, 0.5) is 0 Å². The maximum atomic E-state index is 12.3. The van der Waals surface area contributed by atoms with Crippen LogP contribution in [0.3, 0.4) is 0 Å². The number of fused-ring (bicyclic) bond motifs is 1. The molecule has 1 N–H and O–H groups in total. The lowest BCUT2D eigenvalue weighted by atomic mass is 10.2. The number of carbonyl (C=O) groups excluding carboxylic acids is 1. The van der Waals surface area contributed by atoms with Crippen LogP contribution in [-0.4, -0.2) is 31.3 Å². The minimum atomic E-state index is -0.418. The molecule has 0 amide bonds. The van der Waals surface area contributed by atoms with E-state index in [2.05, 4.69) is 22.0 Å². The first-order chi connectivity index (χ1) is 14.5. The van der Waals surface area contributed by atoms with Gasteiger partial charge in [0.1, 0.15) is 5.75 Å². The lowest BCUT2D eigenvalue weighted by Crippen LogP contribution is -2.12. The summed E-state index contributed by atoms with van der Waals surface area (Å²) in [5.74, 6) is 0.513. The molecule has 30 heavy (non-hydrogen) atoms. The number of carbonyl (C=O) groups is 1. The SMILES string of the molecule is CCc1ccc(OC(=O)CSc2nc(-c3ccc(Cl)cc3)nc3cc(=O)[nH]n23)cc1. The van der Waals surface area contributed by atoms with Crippen LogP contribution >= 0.6 is 23.4 Å². The molecule has 0 saturated heterocycles. The standard InChI is InChI=1S/C21H17ClN4O3S/c1-2-13-3-9-16(10-4-13)29-19(28)12-30-21-24-20(14-5-7-15(22)8-6-14)23-17-11-18(27)25-26(17)21/h3-11H,2,12H2,1H3,(H,25,27). The Balaban J connectivity index is 1.55. The molecule has 2 heterocycles. The molecule has 0 aliphatic heterocycles. The van der Waals surface area contributed by atoms with Gasteiger partial charge in [-0.1, -0.05) is 42.4 Å². The Kier molecular flexibility index (Phi) is 5.87. The normalized spacial score (nSPS) is 11.0. The van der Waals surface area contributed by atoms with Crippen LogP contribution in [0.2, 0.25) is 5.02 Å². The third-order valence-electron chi connectivity index (χ3n) is 4.31. The zero-order chi connectivity index (χ0) is 21.1. The van der Waals surface area contributed by atoms with Gasteiger partial charge in [-0.3, -0.25) is 14.7 Å². The Hall–Kier alpha value is -3.10. The van der Waals surface area contributed by atoms with Crippen molar-refractivity contribution in [1.29, 1.82) is 0 Å². The van der Waals surface area contributed by atoms with E-state index >= 15 is 0 Å². The zero-order valence-corrected chi connectivity index (χ0v) is 17.5. The van der Waals surface area contributed by atoms with Crippen molar-refractivity contribution in [3.8, 4) is 17.1 Å². The second kappa shape index (κ2) is 8.73. The maximum Gasteiger partial charge on any atom is 0.321 e. The number of aromatic amines is 1. The maximum absolute atomic E-state index is 12.3. The van der Waals surface area contributed by atoms with Crippen LogP contribution in [0, 0.1) is 0 Å². The van der Waals surface area contributed by atoms with Gasteiger partial charge in [0.25, 0.3) is 5.56 Å². The number of halogens is 1. The van der Waals surface area contributed by atoms with Crippen molar-refractivity contribution in [2.75, 3.05) is 5.75 Å². The molecule has 0 aliphatic rings. The topological polar surface area (TPSA) is 89.3 Å². The molecule has 152 valence electrons. The molecular formula is C21H17ClN4O3S. The quantitative estimate of drug-likeness (QED) is 0.277. The molecule has 7 nitrogen and oxygen atoms in total. The highest BCUT2D eigenvalue weighted by atomic mass is 35.5. The first-order valence-electron chi connectivity index (χ1n) is 9.20. The van der Waals surface area contributed by atoms with Gasteiger partial charge in [0.15, 0.2) is 16.6 Å². The summed E-state index contributed by atoms with van der Waals surface area (Å²) in [4.78, 5) is 33.0. The van der Waals surface area contributed by atoms with Gasteiger partial charge in [-0.05, 0) is 48.4 Å². The molecule has 0 aliphatic carbocycles. The number of hydrogen-bond acceptors (Lipinski definition) is 6. The molecule has 0 bridgehead atoms. The van der Waals surface area contributed by atoms with Crippen molar-refractivity contribution in [3.05, 3.63) is 75.5 Å². The first kappa shape index (κ1) is 20.2. The number of H-pyrrole nitrogens is 1. The van der Waals surface area contributed by atoms with Gasteiger partial charge in [0.2, 0.25) is 0 Å². The van der Waals surface area contributed by atoms with E-state index in [0.717, 1.165) is 23.7 Å². The lowest BCUT2D eigenvalue weighted by Gasteiger charge is -2.08. The average Bonchev–Trinajstić information content (AvgIpc) is 3.13. The Morgan fingerprint density at radius 1 is 1.13 bits per heavy atom. The van der Waals surface area contributed by atoms with Gasteiger partial charge in [0.05, 0.1) is 5.75 Å². The number of aromatic nitrogens is 4. The highest BCUT2D eigenvalue weighted by molar-refractivity contribution is 7.99. The van der Waals surface area contributed by atoms with Gasteiger partial charge in [-0.25, -0.2) is 14.5 Å². The van der Waals surface area contributed by atoms with E-state index < -0.39 is 5.97 Å². The molecule has 0 atom stereocenters. The minimum absolute atomic E-state index is 0.0158. The summed E-state index contributed by atoms with van der Waals surface area (Å²) in [5.41, 5.74) is 2.01. The molecule has 4 aromatic rings. The Bertz CT molecular complexity index is 1250. The minimum Gasteiger partial charge on any atom is -0.426 e. The molecule has 0 fully saturated rings. The third kappa shape index (κ3) is 4.55. The van der Waals surface area contributed by atoms with Crippen molar-refractivity contribution in [2.24, 2.45) is 0 Å². The number of hydrogen-bond donors (Lipinski definition) is 1. The van der Waals surface area contributed by atoms with Crippen LogP contribution in [0.5, 0.6) is 5.75 Å². The smallest absolute Gasteiger partial charge is 0.321 e. The number of esters is 1. The van der Waals surface area contributed by atoms with Gasteiger partial charge < -0.3 is 4.74 Å². The summed E-state index contributed by atoms with van der Waals surface area (Å²) in [6, 6.07) is 15.8. The third-order valence-corrected chi connectivity index (χ3v) is 5.47. The summed E-state index contributed by atoms with van der Waals surface area (Å²) in [6.07, 6.45) is 0.915. The summed E-state index contributed by atoms with van der Waals surface area (Å²) in [6.45, 7) is 2.06. The first-order valence-corrected chi connectivity index (χ1v) is 10.6. The lowest BCUT2D eigenvalue weighted by molar-refractivity contribution is -0.131. The Morgan fingerprint density at radius 3 is 2.57 bits per heavy atom. The molecule has 2 aromatic carbocycles. The monoisotopic (exact) mass is 440 g/mol. The molecule has 9 heteroatoms. The fourth-order valence-corrected chi connectivity index (χ4v) is 3.64. The summed E-state index contributed by atoms with van der Waals surface area (Å²) in [7, 11) is 0. The van der Waals surface area contributed by atoms with Crippen molar-refractivity contribution in [1.82, 2.24) is 19.6 Å². The Morgan fingerprint density at radius 2 is 1.87 bits per heavy atom. The predicted molar refractivity (Wildman–Crippen MR) is 116 cm³/mol. The summed E-state index contributed by atoms with van der Waals surface area (Å²) in [5, 5.41) is 3.66. The van der Waals surface area contributed by atoms with E-state index in [0.29, 0.717) is 27.4 Å². The fraction of sp³-hybridized carbons (Fsp3) is 0.143. The second-order valence-corrected chi connectivity index (χ2v) is 7.79. The highest BCUT2D eigenvalue weighted by Crippen LogP contribution is 2.23. The molecule has 0 saturated carbocycles. The van der Waals surface area contributed by atoms with E-state index in [-0.39, 0.29) is 11.3 Å². The van der Waals surface area contributed by atoms with Crippen LogP contribution in [-0.2, 0) is 11.2 Å². The zero-order valence-electron chi connectivity index (χ0n) is 16.0. The van der Waals surface area contributed by atoms with Crippen LogP contribution in [0.25, 0.3) is 17.0 Å². The Labute approximate surface area is 181 Å². The van der Waals surface area contributed by atoms with Gasteiger partial charge in [-0.2, -0.15) is 0 Å². The van der Waals surface area contributed by atoms with Crippen molar-refractivity contribution >= 4 is 35.0 Å². The van der Waals surface area contributed by atoms with Crippen molar-refractivity contribution in [2.45, 2.75) is 18.5 Å². The average molecular weight is 441 g/mol. The van der Waals surface area contributed by atoms with Gasteiger partial charge in [0, 0.05) is 16.7 Å².